The maximum absolute atomic E-state index is 4.83. The molecule has 0 aliphatic carbocycles. The van der Waals surface area contributed by atoms with Crippen molar-refractivity contribution in [1.82, 2.24) is 9.61 Å². The molecule has 2 nitrogen and oxygen atoms in total. The van der Waals surface area contributed by atoms with E-state index in [1.165, 1.54) is 9.13 Å². The lowest BCUT2D eigenvalue weighted by molar-refractivity contribution is 0.969. The Morgan fingerprint density at radius 2 is 1.36 bits per heavy atom. The van der Waals surface area contributed by atoms with E-state index in [0.29, 0.717) is 0 Å². The minimum Gasteiger partial charge on any atom is -0.231 e. The van der Waals surface area contributed by atoms with Gasteiger partial charge < -0.3 is 0 Å². The Hall–Kier alpha value is -2.14. The average molecular weight is 396 g/mol. The molecule has 0 radical (unpaired) electrons. The van der Waals surface area contributed by atoms with E-state index >= 15 is 0 Å². The molecule has 2 heterocycles. The third-order valence-corrected chi connectivity index (χ3v) is 4.56. The summed E-state index contributed by atoms with van der Waals surface area (Å²) in [6.07, 6.45) is 0. The molecular formula is C19H13IN2. The van der Waals surface area contributed by atoms with Crippen LogP contribution in [-0.2, 0) is 0 Å². The van der Waals surface area contributed by atoms with Crippen LogP contribution in [0.1, 0.15) is 0 Å². The largest absolute Gasteiger partial charge is 0.231 e. The van der Waals surface area contributed by atoms with Gasteiger partial charge in [-0.2, -0.15) is 5.10 Å². The highest BCUT2D eigenvalue weighted by Crippen LogP contribution is 2.28. The van der Waals surface area contributed by atoms with E-state index in [0.717, 1.165) is 22.5 Å². The zero-order chi connectivity index (χ0) is 14.9. The third kappa shape index (κ3) is 2.31. The average Bonchev–Trinajstić information content (AvgIpc) is 3.00. The van der Waals surface area contributed by atoms with Crippen molar-refractivity contribution in [2.75, 3.05) is 0 Å². The van der Waals surface area contributed by atoms with Crippen LogP contribution in [-0.4, -0.2) is 9.61 Å². The summed E-state index contributed by atoms with van der Waals surface area (Å²) in [4.78, 5) is 0. The molecule has 0 atom stereocenters. The van der Waals surface area contributed by atoms with Gasteiger partial charge in [0.25, 0.3) is 0 Å². The van der Waals surface area contributed by atoms with E-state index < -0.39 is 0 Å². The number of aromatic nitrogens is 2. The Labute approximate surface area is 142 Å². The van der Waals surface area contributed by atoms with Gasteiger partial charge >= 0.3 is 0 Å². The van der Waals surface area contributed by atoms with Crippen molar-refractivity contribution in [2.45, 2.75) is 0 Å². The summed E-state index contributed by atoms with van der Waals surface area (Å²) in [5, 5.41) is 4.83. The van der Waals surface area contributed by atoms with Crippen LogP contribution in [0.2, 0.25) is 0 Å². The van der Waals surface area contributed by atoms with Crippen molar-refractivity contribution in [1.29, 1.82) is 0 Å². The first-order chi connectivity index (χ1) is 10.8. The second-order valence-corrected chi connectivity index (χ2v) is 6.29. The zero-order valence-corrected chi connectivity index (χ0v) is 13.9. The van der Waals surface area contributed by atoms with Crippen LogP contribution in [0.4, 0.5) is 0 Å². The number of hydrogen-bond acceptors (Lipinski definition) is 1. The number of hydrogen-bond donors (Lipinski definition) is 0. The monoisotopic (exact) mass is 396 g/mol. The molecule has 4 rings (SSSR count). The van der Waals surface area contributed by atoms with Crippen LogP contribution < -0.4 is 0 Å². The van der Waals surface area contributed by atoms with E-state index in [4.69, 9.17) is 5.10 Å². The van der Waals surface area contributed by atoms with Crippen molar-refractivity contribution in [3.8, 4) is 22.5 Å². The maximum atomic E-state index is 4.83. The van der Waals surface area contributed by atoms with Crippen LogP contribution in [0.15, 0.2) is 78.9 Å². The Kier molecular flexibility index (Phi) is 3.42. The lowest BCUT2D eigenvalue weighted by atomic mass is 10.1. The van der Waals surface area contributed by atoms with Gasteiger partial charge in [0.2, 0.25) is 0 Å². The minimum absolute atomic E-state index is 1.000. The minimum atomic E-state index is 1.000. The van der Waals surface area contributed by atoms with Crippen LogP contribution in [0, 0.1) is 3.57 Å². The fourth-order valence-electron chi connectivity index (χ4n) is 2.64. The summed E-state index contributed by atoms with van der Waals surface area (Å²) >= 11 is 2.38. The summed E-state index contributed by atoms with van der Waals surface area (Å²) in [7, 11) is 0. The number of halogens is 1. The molecule has 0 spiro atoms. The summed E-state index contributed by atoms with van der Waals surface area (Å²) < 4.78 is 3.23. The highest BCUT2D eigenvalue weighted by molar-refractivity contribution is 14.1. The molecule has 3 heteroatoms. The van der Waals surface area contributed by atoms with Crippen LogP contribution in [0.25, 0.3) is 28.0 Å². The standard InChI is InChI=1S/C19H13IN2/c20-17-12-11-16-13-18(14-7-3-1-4-8-14)21-22(16)19(17)15-9-5-2-6-10-15/h1-13H. The Bertz CT molecular complexity index is 928. The molecule has 22 heavy (non-hydrogen) atoms. The van der Waals surface area contributed by atoms with Gasteiger partial charge in [0, 0.05) is 14.7 Å². The van der Waals surface area contributed by atoms with Gasteiger partial charge in [0.05, 0.1) is 16.9 Å². The van der Waals surface area contributed by atoms with E-state index in [9.17, 15) is 0 Å². The molecular weight excluding hydrogens is 383 g/mol. The Balaban J connectivity index is 1.98. The molecule has 0 aliphatic heterocycles. The van der Waals surface area contributed by atoms with Crippen molar-refractivity contribution < 1.29 is 0 Å². The number of benzene rings is 2. The van der Waals surface area contributed by atoms with Crippen molar-refractivity contribution in [2.24, 2.45) is 0 Å². The summed E-state index contributed by atoms with van der Waals surface area (Å²) in [6.45, 7) is 0. The predicted molar refractivity (Wildman–Crippen MR) is 98.8 cm³/mol. The molecule has 2 aromatic heterocycles. The first-order valence-electron chi connectivity index (χ1n) is 7.12. The molecule has 4 aromatic rings. The van der Waals surface area contributed by atoms with Crippen LogP contribution in [0.3, 0.4) is 0 Å². The normalized spacial score (nSPS) is 11.0. The van der Waals surface area contributed by atoms with E-state index in [1.807, 2.05) is 28.8 Å². The van der Waals surface area contributed by atoms with Gasteiger partial charge in [-0.25, -0.2) is 4.52 Å². The van der Waals surface area contributed by atoms with Gasteiger partial charge in [-0.05, 0) is 40.8 Å². The molecule has 2 aromatic carbocycles. The first kappa shape index (κ1) is 13.5. The first-order valence-corrected chi connectivity index (χ1v) is 8.20. The quantitative estimate of drug-likeness (QED) is 0.422. The van der Waals surface area contributed by atoms with Gasteiger partial charge in [-0.15, -0.1) is 0 Å². The van der Waals surface area contributed by atoms with E-state index in [2.05, 4.69) is 77.2 Å². The molecule has 0 N–H and O–H groups in total. The molecule has 0 amide bonds. The second-order valence-electron chi connectivity index (χ2n) is 5.13. The molecule has 106 valence electrons. The van der Waals surface area contributed by atoms with Crippen molar-refractivity contribution in [3.63, 3.8) is 0 Å². The number of nitrogens with zero attached hydrogens (tertiary/aromatic N) is 2. The second kappa shape index (κ2) is 5.57. The fourth-order valence-corrected chi connectivity index (χ4v) is 3.36. The maximum Gasteiger partial charge on any atom is 0.0933 e. The third-order valence-electron chi connectivity index (χ3n) is 3.69. The topological polar surface area (TPSA) is 17.3 Å². The SMILES string of the molecule is Ic1ccc2cc(-c3ccccc3)nn2c1-c1ccccc1. The Morgan fingerprint density at radius 1 is 0.727 bits per heavy atom. The van der Waals surface area contributed by atoms with Crippen molar-refractivity contribution in [3.05, 3.63) is 82.4 Å². The fraction of sp³-hybridized carbons (Fsp3) is 0. The molecule has 0 fully saturated rings. The van der Waals surface area contributed by atoms with Gasteiger partial charge in [0.15, 0.2) is 0 Å². The number of rotatable bonds is 2. The van der Waals surface area contributed by atoms with Gasteiger partial charge in [0.1, 0.15) is 0 Å². The molecule has 0 aliphatic rings. The molecule has 0 saturated carbocycles. The lowest BCUT2D eigenvalue weighted by Crippen LogP contribution is -1.97. The van der Waals surface area contributed by atoms with Crippen LogP contribution >= 0.6 is 22.6 Å². The molecule has 0 unspecified atom stereocenters. The van der Waals surface area contributed by atoms with Gasteiger partial charge in [-0.1, -0.05) is 60.7 Å². The highest BCUT2D eigenvalue weighted by Gasteiger charge is 2.11. The van der Waals surface area contributed by atoms with Gasteiger partial charge in [-0.3, -0.25) is 0 Å². The van der Waals surface area contributed by atoms with E-state index in [-0.39, 0.29) is 0 Å². The highest BCUT2D eigenvalue weighted by atomic mass is 127. The summed E-state index contributed by atoms with van der Waals surface area (Å²) in [6, 6.07) is 27.1. The number of fused-ring (bicyclic) bond motifs is 1. The number of pyridine rings is 1. The zero-order valence-electron chi connectivity index (χ0n) is 11.8. The lowest BCUT2D eigenvalue weighted by Gasteiger charge is -2.07. The van der Waals surface area contributed by atoms with E-state index in [1.54, 1.807) is 0 Å². The molecule has 0 bridgehead atoms. The van der Waals surface area contributed by atoms with Crippen LogP contribution in [0.5, 0.6) is 0 Å². The molecule has 0 saturated heterocycles. The summed E-state index contributed by atoms with van der Waals surface area (Å²) in [5.41, 5.74) is 5.57. The predicted octanol–water partition coefficient (Wildman–Crippen LogP) is 5.27. The summed E-state index contributed by atoms with van der Waals surface area (Å²) in [5.74, 6) is 0. The van der Waals surface area contributed by atoms with Crippen molar-refractivity contribution >= 4 is 28.1 Å². The Morgan fingerprint density at radius 3 is 2.05 bits per heavy atom. The smallest absolute Gasteiger partial charge is 0.0933 e.